The number of aryl methyl sites for hydroxylation is 2. The Morgan fingerprint density at radius 1 is 1.00 bits per heavy atom. The van der Waals surface area contributed by atoms with Crippen LogP contribution in [0.3, 0.4) is 0 Å². The van der Waals surface area contributed by atoms with E-state index in [1.807, 2.05) is 19.1 Å². The first kappa shape index (κ1) is 19.0. The summed E-state index contributed by atoms with van der Waals surface area (Å²) >= 11 is 0. The second kappa shape index (κ2) is 7.24. The van der Waals surface area contributed by atoms with Crippen LogP contribution in [0.1, 0.15) is 47.2 Å². The van der Waals surface area contributed by atoms with E-state index in [2.05, 4.69) is 10.0 Å². The molecule has 5 nitrogen and oxygen atoms in total. The van der Waals surface area contributed by atoms with Gasteiger partial charge in [-0.05, 0) is 74.3 Å². The normalized spacial score (nSPS) is 23.6. The largest absolute Gasteiger partial charge is 0.349 e. The number of para-hydroxylation sites is 1. The number of sulfonamides is 1. The van der Waals surface area contributed by atoms with Gasteiger partial charge in [-0.3, -0.25) is 9.52 Å². The molecule has 0 spiro atoms. The highest BCUT2D eigenvalue weighted by molar-refractivity contribution is 7.92. The molecular weight excluding hydrogens is 372 g/mol. The highest BCUT2D eigenvalue weighted by Gasteiger charge is 2.40. The van der Waals surface area contributed by atoms with Crippen molar-refractivity contribution in [1.82, 2.24) is 5.32 Å². The second-order valence-corrected chi connectivity index (χ2v) is 9.81. The smallest absolute Gasteiger partial charge is 0.262 e. The molecule has 4 rings (SSSR count). The van der Waals surface area contributed by atoms with Crippen LogP contribution < -0.4 is 10.0 Å². The standard InChI is InChI=1S/C22H26N2O3S/c1-14-5-3-4-6-19(14)24-28(26,27)21-13-18(9-7-15(21)2)22(25)23-20-12-16-8-10-17(20)11-16/h3-7,9,13,16-17,20,24H,8,10-12H2,1-2H3,(H,23,25)/t16-,17-,20+/m1/s1. The minimum atomic E-state index is -3.79. The number of anilines is 1. The molecule has 2 aromatic carbocycles. The van der Waals surface area contributed by atoms with Crippen LogP contribution in [0.5, 0.6) is 0 Å². The van der Waals surface area contributed by atoms with Crippen LogP contribution in [0.15, 0.2) is 47.4 Å². The summed E-state index contributed by atoms with van der Waals surface area (Å²) in [6.07, 6.45) is 4.71. The van der Waals surface area contributed by atoms with Crippen molar-refractivity contribution in [3.63, 3.8) is 0 Å². The highest BCUT2D eigenvalue weighted by atomic mass is 32.2. The monoisotopic (exact) mass is 398 g/mol. The quantitative estimate of drug-likeness (QED) is 0.799. The molecule has 2 aromatic rings. The van der Waals surface area contributed by atoms with Crippen LogP contribution in [0, 0.1) is 25.7 Å². The van der Waals surface area contributed by atoms with Gasteiger partial charge in [0.15, 0.2) is 0 Å². The van der Waals surface area contributed by atoms with E-state index >= 15 is 0 Å². The van der Waals surface area contributed by atoms with Crippen molar-refractivity contribution in [2.45, 2.75) is 50.5 Å². The molecule has 0 aromatic heterocycles. The maximum Gasteiger partial charge on any atom is 0.262 e. The lowest BCUT2D eigenvalue weighted by Crippen LogP contribution is -2.38. The molecule has 0 heterocycles. The first-order valence-corrected chi connectivity index (χ1v) is 11.3. The van der Waals surface area contributed by atoms with Crippen LogP contribution in [0.2, 0.25) is 0 Å². The van der Waals surface area contributed by atoms with Gasteiger partial charge in [-0.25, -0.2) is 8.42 Å². The number of rotatable bonds is 5. The number of carbonyl (C=O) groups excluding carboxylic acids is 1. The number of fused-ring (bicyclic) bond motifs is 2. The van der Waals surface area contributed by atoms with Crippen molar-refractivity contribution in [2.75, 3.05) is 4.72 Å². The lowest BCUT2D eigenvalue weighted by molar-refractivity contribution is 0.0922. The zero-order valence-electron chi connectivity index (χ0n) is 16.2. The Balaban J connectivity index is 1.56. The zero-order valence-corrected chi connectivity index (χ0v) is 17.1. The molecule has 0 saturated heterocycles. The van der Waals surface area contributed by atoms with Gasteiger partial charge in [0.05, 0.1) is 10.6 Å². The Kier molecular flexibility index (Phi) is 4.91. The number of hydrogen-bond donors (Lipinski definition) is 2. The molecule has 2 N–H and O–H groups in total. The first-order valence-electron chi connectivity index (χ1n) is 9.83. The summed E-state index contributed by atoms with van der Waals surface area (Å²) in [6.45, 7) is 3.59. The SMILES string of the molecule is Cc1ccccc1NS(=O)(=O)c1cc(C(=O)N[C@H]2C[C@@H]3CC[C@@H]2C3)ccc1C. The fraction of sp³-hybridized carbons (Fsp3) is 0.409. The van der Waals surface area contributed by atoms with E-state index in [-0.39, 0.29) is 16.8 Å². The Morgan fingerprint density at radius 3 is 2.46 bits per heavy atom. The molecule has 2 aliphatic carbocycles. The molecule has 2 bridgehead atoms. The van der Waals surface area contributed by atoms with E-state index in [4.69, 9.17) is 0 Å². The maximum absolute atomic E-state index is 13.0. The average Bonchev–Trinajstić information content (AvgIpc) is 3.26. The van der Waals surface area contributed by atoms with Gasteiger partial charge >= 0.3 is 0 Å². The van der Waals surface area contributed by atoms with Crippen molar-refractivity contribution in [2.24, 2.45) is 11.8 Å². The summed E-state index contributed by atoms with van der Waals surface area (Å²) in [4.78, 5) is 12.9. The van der Waals surface area contributed by atoms with E-state index in [0.29, 0.717) is 22.7 Å². The summed E-state index contributed by atoms with van der Waals surface area (Å²) in [5.41, 5.74) is 2.38. The highest BCUT2D eigenvalue weighted by Crippen LogP contribution is 2.44. The van der Waals surface area contributed by atoms with Gasteiger partial charge in [0.2, 0.25) is 0 Å². The fourth-order valence-electron chi connectivity index (χ4n) is 4.59. The van der Waals surface area contributed by atoms with Crippen LogP contribution in [-0.2, 0) is 10.0 Å². The summed E-state index contributed by atoms with van der Waals surface area (Å²) in [5.74, 6) is 1.12. The van der Waals surface area contributed by atoms with Crippen LogP contribution in [0.4, 0.5) is 5.69 Å². The topological polar surface area (TPSA) is 75.3 Å². The van der Waals surface area contributed by atoms with E-state index < -0.39 is 10.0 Å². The minimum absolute atomic E-state index is 0.136. The summed E-state index contributed by atoms with van der Waals surface area (Å²) in [5, 5.41) is 3.13. The maximum atomic E-state index is 13.0. The number of carbonyl (C=O) groups is 1. The lowest BCUT2D eigenvalue weighted by Gasteiger charge is -2.23. The van der Waals surface area contributed by atoms with Gasteiger partial charge in [-0.15, -0.1) is 0 Å². The van der Waals surface area contributed by atoms with Crippen LogP contribution in [-0.4, -0.2) is 20.4 Å². The van der Waals surface area contributed by atoms with E-state index in [1.54, 1.807) is 31.2 Å². The number of benzene rings is 2. The van der Waals surface area contributed by atoms with Gasteiger partial charge in [0.25, 0.3) is 15.9 Å². The number of nitrogens with one attached hydrogen (secondary N) is 2. The number of amides is 1. The average molecular weight is 399 g/mol. The van der Waals surface area contributed by atoms with E-state index in [0.717, 1.165) is 17.9 Å². The van der Waals surface area contributed by atoms with E-state index in [1.165, 1.54) is 25.3 Å². The molecule has 148 valence electrons. The predicted molar refractivity (Wildman–Crippen MR) is 110 cm³/mol. The van der Waals surface area contributed by atoms with Gasteiger partial charge in [0.1, 0.15) is 0 Å². The fourth-order valence-corrected chi connectivity index (χ4v) is 5.99. The molecule has 6 heteroatoms. The van der Waals surface area contributed by atoms with Crippen molar-refractivity contribution in [3.8, 4) is 0 Å². The first-order chi connectivity index (χ1) is 13.3. The lowest BCUT2D eigenvalue weighted by atomic mass is 9.95. The molecule has 3 atom stereocenters. The summed E-state index contributed by atoms with van der Waals surface area (Å²) < 4.78 is 28.6. The van der Waals surface area contributed by atoms with Gasteiger partial charge < -0.3 is 5.32 Å². The van der Waals surface area contributed by atoms with Gasteiger partial charge in [0, 0.05) is 11.6 Å². The molecule has 0 radical (unpaired) electrons. The second-order valence-electron chi connectivity index (χ2n) is 8.16. The van der Waals surface area contributed by atoms with Crippen molar-refractivity contribution in [1.29, 1.82) is 0 Å². The van der Waals surface area contributed by atoms with Gasteiger partial charge in [-0.1, -0.05) is 30.7 Å². The summed E-state index contributed by atoms with van der Waals surface area (Å²) in [6, 6.07) is 12.3. The predicted octanol–water partition coefficient (Wildman–Crippen LogP) is 4.02. The third kappa shape index (κ3) is 3.65. The zero-order chi connectivity index (χ0) is 19.9. The Morgan fingerprint density at radius 2 is 1.79 bits per heavy atom. The molecule has 1 amide bonds. The van der Waals surface area contributed by atoms with Crippen molar-refractivity contribution >= 4 is 21.6 Å². The van der Waals surface area contributed by atoms with Gasteiger partial charge in [-0.2, -0.15) is 0 Å². The molecular formula is C22H26N2O3S. The third-order valence-corrected chi connectivity index (χ3v) is 7.69. The molecule has 0 unspecified atom stereocenters. The molecule has 2 saturated carbocycles. The molecule has 28 heavy (non-hydrogen) atoms. The third-order valence-electron chi connectivity index (χ3n) is 6.18. The van der Waals surface area contributed by atoms with Crippen molar-refractivity contribution in [3.05, 3.63) is 59.2 Å². The molecule has 2 aliphatic rings. The van der Waals surface area contributed by atoms with Crippen molar-refractivity contribution < 1.29 is 13.2 Å². The minimum Gasteiger partial charge on any atom is -0.349 e. The van der Waals surface area contributed by atoms with Crippen LogP contribution in [0.25, 0.3) is 0 Å². The van der Waals surface area contributed by atoms with Crippen LogP contribution >= 0.6 is 0 Å². The summed E-state index contributed by atoms with van der Waals surface area (Å²) in [7, 11) is -3.79. The Labute approximate surface area is 166 Å². The Bertz CT molecular complexity index is 1020. The molecule has 0 aliphatic heterocycles. The molecule has 2 fully saturated rings. The van der Waals surface area contributed by atoms with E-state index in [9.17, 15) is 13.2 Å². The Hall–Kier alpha value is -2.34. The number of hydrogen-bond acceptors (Lipinski definition) is 3.